The van der Waals surface area contributed by atoms with Crippen LogP contribution in [0.5, 0.6) is 11.8 Å². The standard InChI is InChI=1S/C11H16N8O2/c1-18-7-8(6-13-18)21-11-15-9(17-12)14-10(16-11)19-2-4-20-5-3-19/h6-7H,2-5,12H2,1H3,(H,14,15,16,17). The first kappa shape index (κ1) is 13.5. The van der Waals surface area contributed by atoms with Gasteiger partial charge in [0.15, 0.2) is 5.75 Å². The highest BCUT2D eigenvalue weighted by atomic mass is 16.5. The Hall–Kier alpha value is -2.46. The fourth-order valence-electron chi connectivity index (χ4n) is 1.92. The maximum Gasteiger partial charge on any atom is 0.328 e. The van der Waals surface area contributed by atoms with Gasteiger partial charge in [-0.1, -0.05) is 0 Å². The molecule has 0 radical (unpaired) electrons. The predicted octanol–water partition coefficient (Wildman–Crippen LogP) is -0.480. The number of hydrogen-bond donors (Lipinski definition) is 2. The van der Waals surface area contributed by atoms with Crippen LogP contribution in [0.3, 0.4) is 0 Å². The molecule has 0 aromatic carbocycles. The topological polar surface area (TPSA) is 116 Å². The van der Waals surface area contributed by atoms with Crippen molar-refractivity contribution in [1.29, 1.82) is 0 Å². The summed E-state index contributed by atoms with van der Waals surface area (Å²) in [6.45, 7) is 2.69. The highest BCUT2D eigenvalue weighted by Gasteiger charge is 2.17. The molecule has 0 bridgehead atoms. The Labute approximate surface area is 120 Å². The lowest BCUT2D eigenvalue weighted by Crippen LogP contribution is -2.37. The molecule has 10 heteroatoms. The fourth-order valence-corrected chi connectivity index (χ4v) is 1.92. The van der Waals surface area contributed by atoms with Crippen molar-refractivity contribution in [3.8, 4) is 11.8 Å². The summed E-state index contributed by atoms with van der Waals surface area (Å²) >= 11 is 0. The van der Waals surface area contributed by atoms with Gasteiger partial charge in [-0.05, 0) is 0 Å². The number of nitrogens with zero attached hydrogens (tertiary/aromatic N) is 6. The predicted molar refractivity (Wildman–Crippen MR) is 74.0 cm³/mol. The van der Waals surface area contributed by atoms with Gasteiger partial charge >= 0.3 is 6.01 Å². The van der Waals surface area contributed by atoms with Crippen LogP contribution < -0.4 is 20.9 Å². The lowest BCUT2D eigenvalue weighted by atomic mass is 10.4. The highest BCUT2D eigenvalue weighted by molar-refractivity contribution is 5.38. The van der Waals surface area contributed by atoms with E-state index in [0.717, 1.165) is 0 Å². The van der Waals surface area contributed by atoms with E-state index >= 15 is 0 Å². The zero-order valence-electron chi connectivity index (χ0n) is 11.6. The van der Waals surface area contributed by atoms with Crippen LogP contribution in [0.2, 0.25) is 0 Å². The molecular formula is C11H16N8O2. The summed E-state index contributed by atoms with van der Waals surface area (Å²) in [7, 11) is 1.80. The largest absolute Gasteiger partial charge is 0.421 e. The van der Waals surface area contributed by atoms with Crippen LogP contribution in [-0.2, 0) is 11.8 Å². The number of nitrogens with two attached hydrogens (primary N) is 1. The maximum atomic E-state index is 5.57. The molecule has 2 aromatic heterocycles. The molecule has 10 nitrogen and oxygen atoms in total. The minimum atomic E-state index is 0.160. The first-order chi connectivity index (χ1) is 10.2. The van der Waals surface area contributed by atoms with Gasteiger partial charge in [0.25, 0.3) is 0 Å². The van der Waals surface area contributed by atoms with Gasteiger partial charge in [0.1, 0.15) is 0 Å². The van der Waals surface area contributed by atoms with E-state index in [9.17, 15) is 0 Å². The first-order valence-corrected chi connectivity index (χ1v) is 6.46. The molecule has 1 saturated heterocycles. The summed E-state index contributed by atoms with van der Waals surface area (Å²) in [5.74, 6) is 6.68. The Kier molecular flexibility index (Phi) is 3.79. The number of ether oxygens (including phenoxy) is 2. The number of nitrogens with one attached hydrogen (secondary N) is 1. The van der Waals surface area contributed by atoms with E-state index in [1.54, 1.807) is 24.1 Å². The highest BCUT2D eigenvalue weighted by Crippen LogP contribution is 2.20. The number of aryl methyl sites for hydroxylation is 1. The third-order valence-electron chi connectivity index (χ3n) is 2.92. The second kappa shape index (κ2) is 5.89. The Bertz CT molecular complexity index is 610. The van der Waals surface area contributed by atoms with Crippen LogP contribution in [0.1, 0.15) is 0 Å². The summed E-state index contributed by atoms with van der Waals surface area (Å²) in [6, 6.07) is 0.160. The summed E-state index contributed by atoms with van der Waals surface area (Å²) in [5.41, 5.74) is 2.42. The Morgan fingerprint density at radius 3 is 2.76 bits per heavy atom. The van der Waals surface area contributed by atoms with Gasteiger partial charge in [-0.2, -0.15) is 20.1 Å². The van der Waals surface area contributed by atoms with Crippen molar-refractivity contribution in [2.45, 2.75) is 0 Å². The van der Waals surface area contributed by atoms with Crippen molar-refractivity contribution < 1.29 is 9.47 Å². The average molecular weight is 292 g/mol. The molecule has 0 unspecified atom stereocenters. The molecule has 3 rings (SSSR count). The molecule has 21 heavy (non-hydrogen) atoms. The van der Waals surface area contributed by atoms with Gasteiger partial charge in [-0.25, -0.2) is 5.84 Å². The smallest absolute Gasteiger partial charge is 0.328 e. The Morgan fingerprint density at radius 1 is 1.29 bits per heavy atom. The monoisotopic (exact) mass is 292 g/mol. The van der Waals surface area contributed by atoms with Crippen molar-refractivity contribution in [2.24, 2.45) is 12.9 Å². The fraction of sp³-hybridized carbons (Fsp3) is 0.455. The normalized spacial score (nSPS) is 15.0. The van der Waals surface area contributed by atoms with E-state index in [1.807, 2.05) is 4.90 Å². The van der Waals surface area contributed by atoms with Crippen molar-refractivity contribution >= 4 is 11.9 Å². The minimum Gasteiger partial charge on any atom is -0.421 e. The molecule has 112 valence electrons. The molecule has 3 N–H and O–H groups in total. The molecule has 0 saturated carbocycles. The number of rotatable bonds is 4. The average Bonchev–Trinajstić information content (AvgIpc) is 2.93. The van der Waals surface area contributed by atoms with Gasteiger partial charge in [-0.3, -0.25) is 10.1 Å². The van der Waals surface area contributed by atoms with Crippen molar-refractivity contribution in [3.05, 3.63) is 12.4 Å². The minimum absolute atomic E-state index is 0.160. The zero-order valence-corrected chi connectivity index (χ0v) is 11.6. The third kappa shape index (κ3) is 3.17. The van der Waals surface area contributed by atoms with E-state index in [0.29, 0.717) is 38.0 Å². The van der Waals surface area contributed by atoms with Crippen molar-refractivity contribution in [2.75, 3.05) is 36.6 Å². The summed E-state index contributed by atoms with van der Waals surface area (Å²) in [6.07, 6.45) is 3.29. The van der Waals surface area contributed by atoms with Crippen molar-refractivity contribution in [1.82, 2.24) is 24.7 Å². The summed E-state index contributed by atoms with van der Waals surface area (Å²) < 4.78 is 12.5. The quantitative estimate of drug-likeness (QED) is 0.569. The molecule has 3 heterocycles. The van der Waals surface area contributed by atoms with Crippen LogP contribution in [-0.4, -0.2) is 51.0 Å². The number of hydrogen-bond acceptors (Lipinski definition) is 9. The molecule has 0 amide bonds. The molecular weight excluding hydrogens is 276 g/mol. The van der Waals surface area contributed by atoms with E-state index in [-0.39, 0.29) is 12.0 Å². The van der Waals surface area contributed by atoms with Gasteiger partial charge < -0.3 is 14.4 Å². The summed E-state index contributed by atoms with van der Waals surface area (Å²) in [4.78, 5) is 14.6. The van der Waals surface area contributed by atoms with Crippen LogP contribution in [0.25, 0.3) is 0 Å². The SMILES string of the molecule is Cn1cc(Oc2nc(NN)nc(N3CCOCC3)n2)cn1. The second-order valence-electron chi connectivity index (χ2n) is 4.44. The molecule has 0 aliphatic carbocycles. The third-order valence-corrected chi connectivity index (χ3v) is 2.92. The molecule has 1 fully saturated rings. The van der Waals surface area contributed by atoms with Gasteiger partial charge in [0.05, 0.1) is 25.6 Å². The van der Waals surface area contributed by atoms with Crippen LogP contribution in [0, 0.1) is 0 Å². The molecule has 2 aromatic rings. The molecule has 1 aliphatic rings. The van der Waals surface area contributed by atoms with Gasteiger partial charge in [-0.15, -0.1) is 0 Å². The zero-order chi connectivity index (χ0) is 14.7. The Morgan fingerprint density at radius 2 is 2.10 bits per heavy atom. The molecule has 0 atom stereocenters. The lowest BCUT2D eigenvalue weighted by Gasteiger charge is -2.26. The maximum absolute atomic E-state index is 5.57. The van der Waals surface area contributed by atoms with Crippen molar-refractivity contribution in [3.63, 3.8) is 0 Å². The van der Waals surface area contributed by atoms with E-state index < -0.39 is 0 Å². The van der Waals surface area contributed by atoms with Crippen LogP contribution >= 0.6 is 0 Å². The Balaban J connectivity index is 1.85. The van der Waals surface area contributed by atoms with E-state index in [2.05, 4.69) is 25.5 Å². The number of aromatic nitrogens is 5. The molecule has 0 spiro atoms. The number of anilines is 2. The van der Waals surface area contributed by atoms with Crippen LogP contribution in [0.15, 0.2) is 12.4 Å². The van der Waals surface area contributed by atoms with Crippen LogP contribution in [0.4, 0.5) is 11.9 Å². The van der Waals surface area contributed by atoms with Gasteiger partial charge in [0, 0.05) is 20.1 Å². The summed E-state index contributed by atoms with van der Waals surface area (Å²) in [5, 5.41) is 4.02. The lowest BCUT2D eigenvalue weighted by molar-refractivity contribution is 0.122. The first-order valence-electron chi connectivity index (χ1n) is 6.46. The number of morpholine rings is 1. The number of hydrazine groups is 1. The number of nitrogen functional groups attached to an aromatic ring is 1. The van der Waals surface area contributed by atoms with Gasteiger partial charge in [0.2, 0.25) is 11.9 Å². The second-order valence-corrected chi connectivity index (χ2v) is 4.44. The molecule has 1 aliphatic heterocycles. The van der Waals surface area contributed by atoms with E-state index in [4.69, 9.17) is 15.3 Å². The van der Waals surface area contributed by atoms with E-state index in [1.165, 1.54) is 0 Å².